The zero-order valence-corrected chi connectivity index (χ0v) is 26.5. The predicted molar refractivity (Wildman–Crippen MR) is 159 cm³/mol. The molecule has 0 saturated heterocycles. The molecular formula is C36H53NO3. The lowest BCUT2D eigenvalue weighted by atomic mass is 9.23. The fraction of sp³-hybridized carbons (Fsp3) is 0.833. The minimum absolute atomic E-state index is 0.0927. The van der Waals surface area contributed by atoms with Crippen molar-refractivity contribution in [1.82, 2.24) is 0 Å². The highest BCUT2D eigenvalue weighted by Crippen LogP contribution is 2.85. The van der Waals surface area contributed by atoms with E-state index >= 15 is 0 Å². The van der Waals surface area contributed by atoms with E-state index in [9.17, 15) is 9.59 Å². The van der Waals surface area contributed by atoms with E-state index in [0.717, 1.165) is 42.9 Å². The van der Waals surface area contributed by atoms with Gasteiger partial charge in [-0.25, -0.2) is 4.79 Å². The van der Waals surface area contributed by atoms with Gasteiger partial charge in [0.2, 0.25) is 6.08 Å². The number of isocyanates is 1. The van der Waals surface area contributed by atoms with Gasteiger partial charge in [0.15, 0.2) is 5.78 Å². The van der Waals surface area contributed by atoms with Crippen LogP contribution in [0.1, 0.15) is 126 Å². The lowest BCUT2D eigenvalue weighted by Gasteiger charge is -2.82. The number of ketones is 1. The van der Waals surface area contributed by atoms with E-state index in [1.807, 2.05) is 13.0 Å². The van der Waals surface area contributed by atoms with Crippen molar-refractivity contribution in [2.24, 2.45) is 55.7 Å². The molecule has 10 unspecified atom stereocenters. The van der Waals surface area contributed by atoms with Gasteiger partial charge in [-0.3, -0.25) is 4.79 Å². The van der Waals surface area contributed by atoms with E-state index in [1.165, 1.54) is 44.1 Å². The van der Waals surface area contributed by atoms with Crippen molar-refractivity contribution in [3.05, 3.63) is 23.5 Å². The van der Waals surface area contributed by atoms with Crippen LogP contribution in [0.5, 0.6) is 0 Å². The first-order valence-corrected chi connectivity index (χ1v) is 16.4. The maximum Gasteiger partial charge on any atom is 0.235 e. The molecule has 0 aromatic rings. The molecule has 0 N–H and O–H groups in total. The molecule has 220 valence electrons. The third-order valence-corrected chi connectivity index (χ3v) is 15.1. The molecule has 40 heavy (non-hydrogen) atoms. The van der Waals surface area contributed by atoms with Crippen LogP contribution in [0.25, 0.3) is 0 Å². The molecule has 0 heterocycles. The highest BCUT2D eigenvalue weighted by Gasteiger charge is 2.80. The summed E-state index contributed by atoms with van der Waals surface area (Å²) < 4.78 is 6.53. The number of allylic oxidation sites excluding steroid dienone is 2. The van der Waals surface area contributed by atoms with E-state index in [1.54, 1.807) is 0 Å². The highest BCUT2D eigenvalue weighted by molar-refractivity contribution is 6.01. The Morgan fingerprint density at radius 1 is 1.00 bits per heavy atom. The first-order chi connectivity index (χ1) is 18.7. The molecule has 6 aliphatic rings. The van der Waals surface area contributed by atoms with Crippen LogP contribution in [0.3, 0.4) is 0 Å². The smallest absolute Gasteiger partial charge is 0.235 e. The summed E-state index contributed by atoms with van der Waals surface area (Å²) in [4.78, 5) is 29.7. The molecule has 0 radical (unpaired) electrons. The topological polar surface area (TPSA) is 55.7 Å². The number of rotatable bonds is 5. The van der Waals surface area contributed by atoms with Gasteiger partial charge in [-0.15, -0.1) is 0 Å². The first-order valence-electron chi connectivity index (χ1n) is 16.4. The summed E-state index contributed by atoms with van der Waals surface area (Å²) in [6.07, 6.45) is 14.1. The Kier molecular flexibility index (Phi) is 6.18. The van der Waals surface area contributed by atoms with Crippen LogP contribution in [0.2, 0.25) is 0 Å². The molecule has 6 rings (SSSR count). The summed E-state index contributed by atoms with van der Waals surface area (Å²) >= 11 is 0. The van der Waals surface area contributed by atoms with Crippen LogP contribution in [0, 0.1) is 50.7 Å². The van der Waals surface area contributed by atoms with Gasteiger partial charge < -0.3 is 4.74 Å². The number of carbonyl (C=O) groups is 1. The second-order valence-electron chi connectivity index (χ2n) is 16.3. The minimum Gasteiger partial charge on any atom is -0.495 e. The van der Waals surface area contributed by atoms with Crippen LogP contribution in [0.15, 0.2) is 28.5 Å². The SMILES string of the molecule is C=C(C)OC1CCC2(C)C3CCC4C5=C(C(C)C)C(=O)CC5(N=C=O)CCC4(C)C3(C)CCC23C(CC)CC13C. The van der Waals surface area contributed by atoms with Crippen molar-refractivity contribution in [1.29, 1.82) is 0 Å². The molecule has 4 nitrogen and oxygen atoms in total. The Bertz CT molecular complexity index is 1230. The lowest BCUT2D eigenvalue weighted by Crippen LogP contribution is -2.77. The molecule has 1 spiro atoms. The quantitative estimate of drug-likeness (QED) is 0.196. The molecule has 0 aliphatic heterocycles. The van der Waals surface area contributed by atoms with Crippen molar-refractivity contribution in [3.63, 3.8) is 0 Å². The van der Waals surface area contributed by atoms with Crippen LogP contribution in [-0.4, -0.2) is 23.5 Å². The monoisotopic (exact) mass is 547 g/mol. The standard InChI is InChI=1S/C36H53NO3/c1-10-24-19-34(9)28(40-23(4)5)13-14-33(8)27-12-11-25-30-29(22(2)3)26(39)20-35(30,37-21-38)17-15-31(25,6)32(27,7)16-18-36(24,33)34/h22,24-25,27-28H,4,10-20H2,1-3,5-9H3. The molecule has 0 aromatic carbocycles. The van der Waals surface area contributed by atoms with Crippen molar-refractivity contribution in [3.8, 4) is 0 Å². The van der Waals surface area contributed by atoms with Crippen molar-refractivity contribution in [2.45, 2.75) is 138 Å². The van der Waals surface area contributed by atoms with Crippen molar-refractivity contribution >= 4 is 11.9 Å². The molecular weight excluding hydrogens is 494 g/mol. The van der Waals surface area contributed by atoms with E-state index in [2.05, 4.69) is 60.0 Å². The second kappa shape index (κ2) is 8.68. The second-order valence-corrected chi connectivity index (χ2v) is 16.3. The van der Waals surface area contributed by atoms with Crippen LogP contribution >= 0.6 is 0 Å². The van der Waals surface area contributed by atoms with Crippen molar-refractivity contribution in [2.75, 3.05) is 0 Å². The van der Waals surface area contributed by atoms with Crippen LogP contribution in [-0.2, 0) is 14.3 Å². The maximum absolute atomic E-state index is 13.5. The van der Waals surface area contributed by atoms with E-state index < -0.39 is 5.54 Å². The van der Waals surface area contributed by atoms with Gasteiger partial charge in [-0.1, -0.05) is 61.5 Å². The van der Waals surface area contributed by atoms with Crippen LogP contribution in [0.4, 0.5) is 0 Å². The number of hydrogen-bond acceptors (Lipinski definition) is 4. The number of aliphatic imine (C=N–C) groups is 1. The average Bonchev–Trinajstić information content (AvgIpc) is 3.16. The van der Waals surface area contributed by atoms with Gasteiger partial charge in [0.1, 0.15) is 11.6 Å². The summed E-state index contributed by atoms with van der Waals surface area (Å²) in [5.41, 5.74) is 2.66. The summed E-state index contributed by atoms with van der Waals surface area (Å²) in [7, 11) is 0. The fourth-order valence-corrected chi connectivity index (χ4v) is 13.5. The fourth-order valence-electron chi connectivity index (χ4n) is 13.5. The third-order valence-electron chi connectivity index (χ3n) is 15.1. The molecule has 5 saturated carbocycles. The van der Waals surface area contributed by atoms with Gasteiger partial charge in [0.25, 0.3) is 0 Å². The van der Waals surface area contributed by atoms with E-state index in [-0.39, 0.29) is 39.5 Å². The van der Waals surface area contributed by atoms with E-state index in [4.69, 9.17) is 4.74 Å². The number of Topliss-reactive ketones (excluding diaryl/α,β-unsaturated/α-hetero) is 1. The largest absolute Gasteiger partial charge is 0.495 e. The summed E-state index contributed by atoms with van der Waals surface area (Å²) in [6, 6.07) is 0. The molecule has 4 heteroatoms. The minimum atomic E-state index is -0.636. The molecule has 0 aromatic heterocycles. The average molecular weight is 548 g/mol. The molecule has 10 atom stereocenters. The molecule has 0 bridgehead atoms. The first kappa shape index (κ1) is 28.4. The number of hydrogen-bond donors (Lipinski definition) is 0. The Morgan fingerprint density at radius 2 is 1.70 bits per heavy atom. The maximum atomic E-state index is 13.5. The summed E-state index contributed by atoms with van der Waals surface area (Å²) in [5, 5.41) is 0. The third kappa shape index (κ3) is 3.03. The predicted octanol–water partition coefficient (Wildman–Crippen LogP) is 8.75. The van der Waals surface area contributed by atoms with Gasteiger partial charge in [-0.2, -0.15) is 4.99 Å². The zero-order valence-electron chi connectivity index (χ0n) is 26.5. The number of fused-ring (bicyclic) bond motifs is 6. The normalized spacial score (nSPS) is 51.0. The lowest BCUT2D eigenvalue weighted by molar-refractivity contribution is -0.346. The Hall–Kier alpha value is -1.67. The zero-order chi connectivity index (χ0) is 29.1. The Balaban J connectivity index is 1.46. The van der Waals surface area contributed by atoms with E-state index in [0.29, 0.717) is 23.7 Å². The molecule has 6 aliphatic carbocycles. The molecule has 5 fully saturated rings. The van der Waals surface area contributed by atoms with Crippen molar-refractivity contribution < 1.29 is 14.3 Å². The number of nitrogens with zero attached hydrogens (tertiary/aromatic N) is 1. The van der Waals surface area contributed by atoms with Gasteiger partial charge in [0, 0.05) is 11.8 Å². The Labute approximate surface area is 242 Å². The Morgan fingerprint density at radius 3 is 2.33 bits per heavy atom. The van der Waals surface area contributed by atoms with Gasteiger partial charge >= 0.3 is 0 Å². The van der Waals surface area contributed by atoms with Gasteiger partial charge in [-0.05, 0) is 121 Å². The van der Waals surface area contributed by atoms with Crippen LogP contribution < -0.4 is 0 Å². The summed E-state index contributed by atoms with van der Waals surface area (Å²) in [5.74, 6) is 2.98. The molecule has 0 amide bonds. The number of carbonyl (C=O) groups excluding carboxylic acids is 2. The number of ether oxygens (including phenoxy) is 1. The van der Waals surface area contributed by atoms with Gasteiger partial charge in [0.05, 0.1) is 5.76 Å². The highest BCUT2D eigenvalue weighted by atomic mass is 16.5. The summed E-state index contributed by atoms with van der Waals surface area (Å²) in [6.45, 7) is 23.3.